The molecule has 2 fully saturated rings. The molecule has 2 saturated carbocycles. The molecule has 2 aromatic heterocycles. The minimum absolute atomic E-state index is 0.0522. The third kappa shape index (κ3) is 8.54. The fourth-order valence-electron chi connectivity index (χ4n) is 6.80. The van der Waals surface area contributed by atoms with E-state index in [-0.39, 0.29) is 43.6 Å². The molecule has 12 nitrogen and oxygen atoms in total. The van der Waals surface area contributed by atoms with Crippen molar-refractivity contribution in [2.75, 3.05) is 13.7 Å². The van der Waals surface area contributed by atoms with Crippen LogP contribution in [0.3, 0.4) is 0 Å². The van der Waals surface area contributed by atoms with Gasteiger partial charge < -0.3 is 20.1 Å². The monoisotopic (exact) mass is 737 g/mol. The number of methoxy groups -OCH3 is 1. The molecule has 3 N–H and O–H groups in total. The number of nitrogens with one attached hydrogen (secondary N) is 3. The molecule has 51 heavy (non-hydrogen) atoms. The van der Waals surface area contributed by atoms with Gasteiger partial charge in [0.15, 0.2) is 0 Å². The molecule has 1 aliphatic heterocycles. The Balaban J connectivity index is 1.23. The standard InChI is InChI=1S/C37H47N5O7S2/c1-23(2)31-22-50-35(40-31)30-20-32(27-16-15-25(48-3)19-29(27)38-30)49-18-17-28-34(44)41-37(36(45)42-51(46,47)26-12-9-10-13-26)21-24(37)11-7-5-4-6-8-14-33(43)39-28/h7,11,15-16,19-20,22-24,26,28H,4-6,8-10,12-14,17-18,21H2,1-3H3,(H,39,43)(H,41,44)(H,42,45)/t24-,28+,37-/m1/s1. The number of allylic oxidation sites excluding steroid dienone is 1. The lowest BCUT2D eigenvalue weighted by Crippen LogP contribution is -2.57. The lowest BCUT2D eigenvalue weighted by molar-refractivity contribution is -0.132. The van der Waals surface area contributed by atoms with Crippen LogP contribution in [-0.4, -0.2) is 66.7 Å². The minimum atomic E-state index is -3.90. The molecule has 6 rings (SSSR count). The second-order valence-electron chi connectivity index (χ2n) is 14.1. The molecule has 14 heteroatoms. The average Bonchev–Trinajstić information content (AvgIpc) is 3.47. The van der Waals surface area contributed by atoms with E-state index in [0.29, 0.717) is 42.0 Å². The smallest absolute Gasteiger partial charge is 0.259 e. The maximum Gasteiger partial charge on any atom is 0.259 e. The van der Waals surface area contributed by atoms with Crippen LogP contribution < -0.4 is 24.8 Å². The molecule has 0 spiro atoms. The van der Waals surface area contributed by atoms with Crippen LogP contribution in [0.15, 0.2) is 41.8 Å². The van der Waals surface area contributed by atoms with Crippen molar-refractivity contribution < 1.29 is 32.3 Å². The van der Waals surface area contributed by atoms with E-state index >= 15 is 0 Å². The number of carbonyl (C=O) groups excluding carboxylic acids is 3. The van der Waals surface area contributed by atoms with Crippen molar-refractivity contribution in [3.05, 3.63) is 47.5 Å². The van der Waals surface area contributed by atoms with Crippen molar-refractivity contribution in [1.82, 2.24) is 25.3 Å². The number of sulfonamides is 1. The summed E-state index contributed by atoms with van der Waals surface area (Å²) in [5.74, 6) is -0.505. The van der Waals surface area contributed by atoms with Gasteiger partial charge in [-0.1, -0.05) is 45.3 Å². The topological polar surface area (TPSA) is 166 Å². The van der Waals surface area contributed by atoms with Crippen molar-refractivity contribution in [2.24, 2.45) is 5.92 Å². The number of carbonyl (C=O) groups is 3. The molecular weight excluding hydrogens is 691 g/mol. The first-order chi connectivity index (χ1) is 24.5. The highest BCUT2D eigenvalue weighted by atomic mass is 32.2. The first kappa shape index (κ1) is 36.7. The zero-order valence-electron chi connectivity index (χ0n) is 29.4. The molecule has 2 aliphatic carbocycles. The van der Waals surface area contributed by atoms with E-state index in [1.54, 1.807) is 7.11 Å². The summed E-state index contributed by atoms with van der Waals surface area (Å²) in [4.78, 5) is 50.3. The second-order valence-corrected chi connectivity index (χ2v) is 16.9. The van der Waals surface area contributed by atoms with E-state index < -0.39 is 38.7 Å². The third-order valence-electron chi connectivity index (χ3n) is 10.0. The average molecular weight is 738 g/mol. The Hall–Kier alpha value is -4.04. The number of ether oxygens (including phenoxy) is 2. The van der Waals surface area contributed by atoms with Gasteiger partial charge in [0.25, 0.3) is 5.91 Å². The van der Waals surface area contributed by atoms with Gasteiger partial charge in [0.1, 0.15) is 33.8 Å². The quantitative estimate of drug-likeness (QED) is 0.227. The second kappa shape index (κ2) is 15.7. The summed E-state index contributed by atoms with van der Waals surface area (Å²) in [7, 11) is -2.31. The molecule has 0 radical (unpaired) electrons. The minimum Gasteiger partial charge on any atom is -0.497 e. The van der Waals surface area contributed by atoms with Gasteiger partial charge in [-0.2, -0.15) is 0 Å². The van der Waals surface area contributed by atoms with Crippen molar-refractivity contribution in [3.8, 4) is 22.2 Å². The van der Waals surface area contributed by atoms with Crippen LogP contribution in [0.2, 0.25) is 0 Å². The summed E-state index contributed by atoms with van der Waals surface area (Å²) in [5.41, 5.74) is 0.836. The highest BCUT2D eigenvalue weighted by Crippen LogP contribution is 2.45. The number of hydrogen-bond acceptors (Lipinski definition) is 10. The van der Waals surface area contributed by atoms with Crippen LogP contribution in [-0.2, 0) is 24.4 Å². The van der Waals surface area contributed by atoms with Crippen LogP contribution in [0, 0.1) is 5.92 Å². The molecule has 1 aromatic carbocycles. The molecule has 0 unspecified atom stereocenters. The van der Waals surface area contributed by atoms with Gasteiger partial charge in [-0.15, -0.1) is 11.3 Å². The van der Waals surface area contributed by atoms with Crippen molar-refractivity contribution in [2.45, 2.75) is 107 Å². The number of rotatable bonds is 10. The van der Waals surface area contributed by atoms with Crippen molar-refractivity contribution >= 4 is 50.0 Å². The normalized spacial score (nSPS) is 23.3. The van der Waals surface area contributed by atoms with Gasteiger partial charge >= 0.3 is 0 Å². The summed E-state index contributed by atoms with van der Waals surface area (Å²) in [6, 6.07) is 6.31. The van der Waals surface area contributed by atoms with Crippen molar-refractivity contribution in [1.29, 1.82) is 0 Å². The first-order valence-corrected chi connectivity index (χ1v) is 20.3. The molecule has 274 valence electrons. The lowest BCUT2D eigenvalue weighted by atomic mass is 10.1. The van der Waals surface area contributed by atoms with E-state index in [1.165, 1.54) is 11.3 Å². The number of nitrogens with zero attached hydrogens (tertiary/aromatic N) is 2. The predicted molar refractivity (Wildman–Crippen MR) is 196 cm³/mol. The maximum atomic E-state index is 14.0. The van der Waals surface area contributed by atoms with Gasteiger partial charge in [0, 0.05) is 41.7 Å². The fraction of sp³-hybridized carbons (Fsp3) is 0.541. The fourth-order valence-corrected chi connectivity index (χ4v) is 9.30. The third-order valence-corrected chi connectivity index (χ3v) is 12.7. The Morgan fingerprint density at radius 3 is 2.65 bits per heavy atom. The zero-order chi connectivity index (χ0) is 36.2. The number of thiazole rings is 1. The molecule has 3 aliphatic rings. The molecule has 3 atom stereocenters. The van der Waals surface area contributed by atoms with Gasteiger partial charge in [0.2, 0.25) is 21.8 Å². The number of aromatic nitrogens is 2. The number of pyridine rings is 1. The Labute approximate surface area is 303 Å². The Morgan fingerprint density at radius 2 is 1.90 bits per heavy atom. The molecular formula is C37H47N5O7S2. The van der Waals surface area contributed by atoms with Crippen LogP contribution >= 0.6 is 11.3 Å². The van der Waals surface area contributed by atoms with Crippen LogP contribution in [0.25, 0.3) is 21.6 Å². The summed E-state index contributed by atoms with van der Waals surface area (Å²) in [6.07, 6.45) is 10.3. The first-order valence-electron chi connectivity index (χ1n) is 17.9. The molecule has 3 aromatic rings. The van der Waals surface area contributed by atoms with Crippen LogP contribution in [0.4, 0.5) is 0 Å². The highest BCUT2D eigenvalue weighted by molar-refractivity contribution is 7.90. The number of benzene rings is 1. The van der Waals surface area contributed by atoms with Gasteiger partial charge in [-0.3, -0.25) is 19.1 Å². The molecule has 0 saturated heterocycles. The number of fused-ring (bicyclic) bond motifs is 2. The Bertz CT molecular complexity index is 1900. The van der Waals surface area contributed by atoms with Gasteiger partial charge in [0.05, 0.1) is 30.2 Å². The van der Waals surface area contributed by atoms with Crippen molar-refractivity contribution in [3.63, 3.8) is 0 Å². The zero-order valence-corrected chi connectivity index (χ0v) is 31.0. The van der Waals surface area contributed by atoms with E-state index in [2.05, 4.69) is 29.2 Å². The van der Waals surface area contributed by atoms with E-state index in [1.807, 2.05) is 41.8 Å². The highest BCUT2D eigenvalue weighted by Gasteiger charge is 2.61. The summed E-state index contributed by atoms with van der Waals surface area (Å²) >= 11 is 1.50. The van der Waals surface area contributed by atoms with Gasteiger partial charge in [-0.25, -0.2) is 18.4 Å². The van der Waals surface area contributed by atoms with E-state index in [9.17, 15) is 22.8 Å². The summed E-state index contributed by atoms with van der Waals surface area (Å²) in [6.45, 7) is 4.22. The molecule has 3 amide bonds. The van der Waals surface area contributed by atoms with Crippen LogP contribution in [0.1, 0.15) is 96.1 Å². The Morgan fingerprint density at radius 1 is 1.10 bits per heavy atom. The lowest BCUT2D eigenvalue weighted by Gasteiger charge is -2.24. The summed E-state index contributed by atoms with van der Waals surface area (Å²) in [5, 5.41) is 8.62. The number of hydrogen-bond donors (Lipinski definition) is 3. The predicted octanol–water partition coefficient (Wildman–Crippen LogP) is 5.53. The Kier molecular flexibility index (Phi) is 11.3. The van der Waals surface area contributed by atoms with Crippen LogP contribution in [0.5, 0.6) is 11.5 Å². The SMILES string of the molecule is COc1ccc2c(OCC[C@@H]3NC(=O)CCCCCC=C[C@@H]4C[C@@]4(C(=O)NS(=O)(=O)C4CCCC4)NC3=O)cc(-c3nc(C(C)C)cs3)nc2c1. The molecule has 3 heterocycles. The maximum absolute atomic E-state index is 14.0. The van der Waals surface area contributed by atoms with E-state index in [4.69, 9.17) is 19.4 Å². The molecule has 0 bridgehead atoms. The summed E-state index contributed by atoms with van der Waals surface area (Å²) < 4.78 is 40.3. The van der Waals surface area contributed by atoms with E-state index in [0.717, 1.165) is 48.2 Å². The van der Waals surface area contributed by atoms with Gasteiger partial charge in [-0.05, 0) is 56.6 Å². The number of amides is 3. The largest absolute Gasteiger partial charge is 0.497 e.